The number of ether oxygens (including phenoxy) is 1. The van der Waals surface area contributed by atoms with Gasteiger partial charge in [0, 0.05) is 43.0 Å². The first-order chi connectivity index (χ1) is 13.6. The summed E-state index contributed by atoms with van der Waals surface area (Å²) in [5, 5.41) is 5.41. The molecular formula is C20H24N4O3S. The number of nitrogens with zero attached hydrogens (tertiary/aromatic N) is 3. The minimum atomic E-state index is -0.0717. The SMILES string of the molecule is COc1ccc(-c2csc(NC(=O)CN3CCN(C(=O)C4CC4)CC3)n2)cc1. The second-order valence-electron chi connectivity index (χ2n) is 7.19. The third-order valence-corrected chi connectivity index (χ3v) is 5.87. The van der Waals surface area contributed by atoms with Gasteiger partial charge in [-0.3, -0.25) is 14.5 Å². The standard InChI is InChI=1S/C20H24N4O3S/c1-27-16-6-4-14(5-7-16)17-13-28-20(21-17)22-18(25)12-23-8-10-24(11-9-23)19(26)15-2-3-15/h4-7,13,15H,2-3,8-12H2,1H3,(H,21,22,25). The van der Waals surface area contributed by atoms with Gasteiger partial charge in [-0.05, 0) is 37.1 Å². The highest BCUT2D eigenvalue weighted by molar-refractivity contribution is 7.14. The van der Waals surface area contributed by atoms with Crippen molar-refractivity contribution < 1.29 is 14.3 Å². The van der Waals surface area contributed by atoms with Gasteiger partial charge in [-0.1, -0.05) is 0 Å². The van der Waals surface area contributed by atoms with Gasteiger partial charge in [0.15, 0.2) is 5.13 Å². The minimum Gasteiger partial charge on any atom is -0.497 e. The summed E-state index contributed by atoms with van der Waals surface area (Å²) in [6.45, 7) is 3.22. The van der Waals surface area contributed by atoms with E-state index in [9.17, 15) is 9.59 Å². The van der Waals surface area contributed by atoms with Gasteiger partial charge in [0.25, 0.3) is 0 Å². The number of carbonyl (C=O) groups excluding carboxylic acids is 2. The monoisotopic (exact) mass is 400 g/mol. The van der Waals surface area contributed by atoms with E-state index in [1.165, 1.54) is 11.3 Å². The van der Waals surface area contributed by atoms with Crippen molar-refractivity contribution in [2.24, 2.45) is 5.92 Å². The Balaban J connectivity index is 1.26. The fourth-order valence-corrected chi connectivity index (χ4v) is 4.04. The predicted octanol–water partition coefficient (Wildman–Crippen LogP) is 2.31. The number of methoxy groups -OCH3 is 1. The summed E-state index contributed by atoms with van der Waals surface area (Å²) in [5.41, 5.74) is 1.81. The van der Waals surface area contributed by atoms with Crippen molar-refractivity contribution in [3.8, 4) is 17.0 Å². The zero-order chi connectivity index (χ0) is 19.5. The number of piperazine rings is 1. The van der Waals surface area contributed by atoms with Crippen molar-refractivity contribution in [1.29, 1.82) is 0 Å². The second kappa shape index (κ2) is 8.28. The quantitative estimate of drug-likeness (QED) is 0.805. The molecule has 28 heavy (non-hydrogen) atoms. The number of thiazole rings is 1. The summed E-state index contributed by atoms with van der Waals surface area (Å²) < 4.78 is 5.17. The number of rotatable bonds is 6. The molecule has 2 aromatic rings. The lowest BCUT2D eigenvalue weighted by atomic mass is 10.2. The number of amides is 2. The molecule has 148 valence electrons. The molecule has 0 atom stereocenters. The lowest BCUT2D eigenvalue weighted by Gasteiger charge is -2.34. The lowest BCUT2D eigenvalue weighted by Crippen LogP contribution is -2.50. The van der Waals surface area contributed by atoms with Crippen LogP contribution in [0.3, 0.4) is 0 Å². The zero-order valence-electron chi connectivity index (χ0n) is 15.9. The Kier molecular flexibility index (Phi) is 5.59. The van der Waals surface area contributed by atoms with Crippen LogP contribution in [0.15, 0.2) is 29.6 Å². The number of hydrogen-bond acceptors (Lipinski definition) is 6. The normalized spacial score (nSPS) is 17.4. The summed E-state index contributed by atoms with van der Waals surface area (Å²) >= 11 is 1.41. The van der Waals surface area contributed by atoms with Crippen LogP contribution in [0.1, 0.15) is 12.8 Å². The van der Waals surface area contributed by atoms with E-state index in [-0.39, 0.29) is 17.7 Å². The smallest absolute Gasteiger partial charge is 0.240 e. The Morgan fingerprint density at radius 2 is 1.89 bits per heavy atom. The highest BCUT2D eigenvalue weighted by atomic mass is 32.1. The van der Waals surface area contributed by atoms with Gasteiger partial charge in [0.1, 0.15) is 5.75 Å². The molecule has 1 N–H and O–H groups in total. The molecule has 2 fully saturated rings. The molecule has 0 spiro atoms. The van der Waals surface area contributed by atoms with Gasteiger partial charge in [0.2, 0.25) is 11.8 Å². The van der Waals surface area contributed by atoms with Gasteiger partial charge < -0.3 is 15.0 Å². The Bertz CT molecular complexity index is 839. The third-order valence-electron chi connectivity index (χ3n) is 5.11. The molecule has 7 nitrogen and oxygen atoms in total. The third kappa shape index (κ3) is 4.51. The minimum absolute atomic E-state index is 0.0717. The van der Waals surface area contributed by atoms with E-state index in [1.807, 2.05) is 34.5 Å². The molecule has 2 heterocycles. The fourth-order valence-electron chi connectivity index (χ4n) is 3.30. The van der Waals surface area contributed by atoms with Crippen molar-refractivity contribution in [2.75, 3.05) is 45.2 Å². The molecule has 1 saturated heterocycles. The number of benzene rings is 1. The average Bonchev–Trinajstić information content (AvgIpc) is 3.47. The summed E-state index contributed by atoms with van der Waals surface area (Å²) in [6, 6.07) is 7.67. The maximum Gasteiger partial charge on any atom is 0.240 e. The lowest BCUT2D eigenvalue weighted by molar-refractivity contribution is -0.134. The van der Waals surface area contributed by atoms with Crippen molar-refractivity contribution in [2.45, 2.75) is 12.8 Å². The van der Waals surface area contributed by atoms with E-state index in [2.05, 4.69) is 15.2 Å². The Labute approximate surface area is 168 Å². The van der Waals surface area contributed by atoms with Crippen LogP contribution in [-0.4, -0.2) is 66.4 Å². The van der Waals surface area contributed by atoms with E-state index < -0.39 is 0 Å². The molecule has 2 amide bonds. The number of anilines is 1. The van der Waals surface area contributed by atoms with Crippen LogP contribution in [0.2, 0.25) is 0 Å². The predicted molar refractivity (Wildman–Crippen MR) is 108 cm³/mol. The van der Waals surface area contributed by atoms with Crippen LogP contribution in [0.25, 0.3) is 11.3 Å². The Hall–Kier alpha value is -2.45. The maximum absolute atomic E-state index is 12.4. The van der Waals surface area contributed by atoms with E-state index in [0.29, 0.717) is 24.8 Å². The van der Waals surface area contributed by atoms with Gasteiger partial charge in [-0.2, -0.15) is 0 Å². The molecule has 0 bridgehead atoms. The zero-order valence-corrected chi connectivity index (χ0v) is 16.7. The Morgan fingerprint density at radius 3 is 2.54 bits per heavy atom. The summed E-state index contributed by atoms with van der Waals surface area (Å²) in [7, 11) is 1.64. The van der Waals surface area contributed by atoms with E-state index in [4.69, 9.17) is 4.74 Å². The molecule has 2 aliphatic rings. The Morgan fingerprint density at radius 1 is 1.18 bits per heavy atom. The van der Waals surface area contributed by atoms with Gasteiger partial charge in [-0.25, -0.2) is 4.98 Å². The van der Waals surface area contributed by atoms with E-state index in [0.717, 1.165) is 42.9 Å². The van der Waals surface area contributed by atoms with Crippen molar-refractivity contribution >= 4 is 28.3 Å². The first kappa shape index (κ1) is 18.9. The number of nitrogens with one attached hydrogen (secondary N) is 1. The molecule has 1 aliphatic heterocycles. The average molecular weight is 401 g/mol. The molecule has 4 rings (SSSR count). The van der Waals surface area contributed by atoms with Crippen molar-refractivity contribution in [3.63, 3.8) is 0 Å². The molecule has 1 saturated carbocycles. The van der Waals surface area contributed by atoms with Gasteiger partial charge in [-0.15, -0.1) is 11.3 Å². The first-order valence-corrected chi connectivity index (χ1v) is 10.4. The van der Waals surface area contributed by atoms with Crippen LogP contribution in [-0.2, 0) is 9.59 Å². The van der Waals surface area contributed by atoms with E-state index >= 15 is 0 Å². The van der Waals surface area contributed by atoms with Crippen molar-refractivity contribution in [3.05, 3.63) is 29.6 Å². The van der Waals surface area contributed by atoms with Crippen LogP contribution >= 0.6 is 11.3 Å². The molecule has 1 aromatic carbocycles. The summed E-state index contributed by atoms with van der Waals surface area (Å²) in [6.07, 6.45) is 2.07. The largest absolute Gasteiger partial charge is 0.497 e. The number of aromatic nitrogens is 1. The second-order valence-corrected chi connectivity index (χ2v) is 8.05. The topological polar surface area (TPSA) is 74.8 Å². The molecule has 0 unspecified atom stereocenters. The van der Waals surface area contributed by atoms with Crippen LogP contribution in [0.4, 0.5) is 5.13 Å². The van der Waals surface area contributed by atoms with Gasteiger partial charge >= 0.3 is 0 Å². The number of hydrogen-bond donors (Lipinski definition) is 1. The number of carbonyl (C=O) groups is 2. The molecular weight excluding hydrogens is 376 g/mol. The van der Waals surface area contributed by atoms with Crippen molar-refractivity contribution in [1.82, 2.24) is 14.8 Å². The molecule has 0 radical (unpaired) electrons. The maximum atomic E-state index is 12.4. The van der Waals surface area contributed by atoms with E-state index in [1.54, 1.807) is 7.11 Å². The van der Waals surface area contributed by atoms with Crippen LogP contribution < -0.4 is 10.1 Å². The molecule has 8 heteroatoms. The highest BCUT2D eigenvalue weighted by Gasteiger charge is 2.34. The fraction of sp³-hybridized carbons (Fsp3) is 0.450. The van der Waals surface area contributed by atoms with Crippen LogP contribution in [0.5, 0.6) is 5.75 Å². The molecule has 1 aromatic heterocycles. The van der Waals surface area contributed by atoms with Gasteiger partial charge in [0.05, 0.1) is 19.3 Å². The summed E-state index contributed by atoms with van der Waals surface area (Å²) in [4.78, 5) is 33.0. The van der Waals surface area contributed by atoms with Crippen LogP contribution in [0, 0.1) is 5.92 Å². The molecule has 1 aliphatic carbocycles. The summed E-state index contributed by atoms with van der Waals surface area (Å²) in [5.74, 6) is 1.28. The first-order valence-electron chi connectivity index (χ1n) is 9.53. The highest BCUT2D eigenvalue weighted by Crippen LogP contribution is 2.31.